The molecule has 1 atom stereocenters. The van der Waals surface area contributed by atoms with Crippen molar-refractivity contribution >= 4 is 11.6 Å². The first-order valence-corrected chi connectivity index (χ1v) is 5.76. The molecule has 0 radical (unpaired) electrons. The van der Waals surface area contributed by atoms with Crippen LogP contribution >= 0.6 is 11.6 Å². The zero-order chi connectivity index (χ0) is 10.7. The molecule has 1 aliphatic rings. The van der Waals surface area contributed by atoms with Crippen LogP contribution in [0.4, 0.5) is 0 Å². The van der Waals surface area contributed by atoms with Gasteiger partial charge in [0.15, 0.2) is 0 Å². The third kappa shape index (κ3) is 2.86. The van der Waals surface area contributed by atoms with Gasteiger partial charge >= 0.3 is 0 Å². The van der Waals surface area contributed by atoms with Crippen LogP contribution < -0.4 is 10.1 Å². The third-order valence-corrected chi connectivity index (χ3v) is 2.99. The van der Waals surface area contributed by atoms with E-state index in [1.54, 1.807) is 0 Å². The maximum absolute atomic E-state index is 5.92. The Morgan fingerprint density at radius 1 is 1.53 bits per heavy atom. The van der Waals surface area contributed by atoms with Crippen LogP contribution in [0.2, 0.25) is 5.02 Å². The summed E-state index contributed by atoms with van der Waals surface area (Å²) in [5.74, 6) is 0.899. The molecular weight excluding hydrogens is 210 g/mol. The Labute approximate surface area is 95.6 Å². The van der Waals surface area contributed by atoms with Gasteiger partial charge < -0.3 is 10.1 Å². The van der Waals surface area contributed by atoms with E-state index in [1.807, 2.05) is 25.1 Å². The predicted molar refractivity (Wildman–Crippen MR) is 62.7 cm³/mol. The zero-order valence-corrected chi connectivity index (χ0v) is 9.68. The maximum Gasteiger partial charge on any atom is 0.123 e. The molecule has 1 saturated heterocycles. The fraction of sp³-hybridized carbons (Fsp3) is 0.500. The molecule has 1 aromatic carbocycles. The van der Waals surface area contributed by atoms with Crippen LogP contribution in [0.15, 0.2) is 18.2 Å². The molecule has 3 heteroatoms. The van der Waals surface area contributed by atoms with E-state index in [9.17, 15) is 0 Å². The van der Waals surface area contributed by atoms with Crippen molar-refractivity contribution in [3.63, 3.8) is 0 Å². The van der Waals surface area contributed by atoms with Crippen molar-refractivity contribution in [2.75, 3.05) is 13.2 Å². The summed E-state index contributed by atoms with van der Waals surface area (Å²) in [6, 6.07) is 6.26. The molecule has 0 amide bonds. The zero-order valence-electron chi connectivity index (χ0n) is 8.92. The van der Waals surface area contributed by atoms with Crippen molar-refractivity contribution in [3.05, 3.63) is 28.8 Å². The van der Waals surface area contributed by atoms with Gasteiger partial charge in [-0.1, -0.05) is 17.7 Å². The van der Waals surface area contributed by atoms with E-state index in [0.717, 1.165) is 29.5 Å². The monoisotopic (exact) mass is 225 g/mol. The largest absolute Gasteiger partial charge is 0.492 e. The van der Waals surface area contributed by atoms with E-state index >= 15 is 0 Å². The first-order chi connectivity index (χ1) is 7.25. The summed E-state index contributed by atoms with van der Waals surface area (Å²) in [7, 11) is 0. The molecule has 0 aliphatic carbocycles. The lowest BCUT2D eigenvalue weighted by Gasteiger charge is -2.13. The second kappa shape index (κ2) is 4.86. The van der Waals surface area contributed by atoms with Crippen LogP contribution in [0.25, 0.3) is 0 Å². The van der Waals surface area contributed by atoms with Gasteiger partial charge in [0.05, 0.1) is 0 Å². The molecule has 0 unspecified atom stereocenters. The Hall–Kier alpha value is -0.730. The summed E-state index contributed by atoms with van der Waals surface area (Å²) in [5.41, 5.74) is 1.14. The molecule has 1 N–H and O–H groups in total. The number of halogens is 1. The highest BCUT2D eigenvalue weighted by Gasteiger charge is 2.14. The van der Waals surface area contributed by atoms with Crippen LogP contribution in [0.3, 0.4) is 0 Å². The molecular formula is C12H16ClNO. The number of rotatable bonds is 3. The van der Waals surface area contributed by atoms with E-state index in [1.165, 1.54) is 12.8 Å². The third-order valence-electron chi connectivity index (χ3n) is 2.75. The van der Waals surface area contributed by atoms with Gasteiger partial charge in [-0.05, 0) is 44.0 Å². The number of nitrogens with one attached hydrogen (secondary N) is 1. The van der Waals surface area contributed by atoms with Crippen LogP contribution in [-0.4, -0.2) is 19.2 Å². The van der Waals surface area contributed by atoms with Crippen LogP contribution in [0, 0.1) is 6.92 Å². The normalized spacial score (nSPS) is 20.5. The van der Waals surface area contributed by atoms with Gasteiger partial charge in [-0.15, -0.1) is 0 Å². The summed E-state index contributed by atoms with van der Waals surface area (Å²) in [6.45, 7) is 3.89. The van der Waals surface area contributed by atoms with Gasteiger partial charge in [0.25, 0.3) is 0 Å². The summed E-state index contributed by atoms with van der Waals surface area (Å²) in [6.07, 6.45) is 2.46. The SMILES string of the molecule is Cc1ccc(Cl)cc1OC[C@@H]1CCCN1. The standard InChI is InChI=1S/C12H16ClNO/c1-9-4-5-10(13)7-12(9)15-8-11-3-2-6-14-11/h4-5,7,11,14H,2-3,6,8H2,1H3/t11-/m0/s1. The second-order valence-electron chi connectivity index (χ2n) is 4.01. The van der Waals surface area contributed by atoms with Gasteiger partial charge in [-0.2, -0.15) is 0 Å². The summed E-state index contributed by atoms with van der Waals surface area (Å²) >= 11 is 5.92. The topological polar surface area (TPSA) is 21.3 Å². The highest BCUT2D eigenvalue weighted by Crippen LogP contribution is 2.23. The van der Waals surface area contributed by atoms with Crippen molar-refractivity contribution in [1.29, 1.82) is 0 Å². The van der Waals surface area contributed by atoms with Gasteiger partial charge in [0.2, 0.25) is 0 Å². The minimum Gasteiger partial charge on any atom is -0.492 e. The Kier molecular flexibility index (Phi) is 3.49. The average molecular weight is 226 g/mol. The molecule has 1 aliphatic heterocycles. The quantitative estimate of drug-likeness (QED) is 0.854. The van der Waals surface area contributed by atoms with E-state index < -0.39 is 0 Å². The molecule has 0 bridgehead atoms. The first kappa shape index (κ1) is 10.8. The first-order valence-electron chi connectivity index (χ1n) is 5.38. The molecule has 2 nitrogen and oxygen atoms in total. The second-order valence-corrected chi connectivity index (χ2v) is 4.45. The molecule has 2 rings (SSSR count). The Morgan fingerprint density at radius 2 is 2.40 bits per heavy atom. The number of ether oxygens (including phenoxy) is 1. The maximum atomic E-state index is 5.92. The van der Waals surface area contributed by atoms with Crippen molar-refractivity contribution < 1.29 is 4.74 Å². The minimum atomic E-state index is 0.503. The molecule has 82 valence electrons. The lowest BCUT2D eigenvalue weighted by Crippen LogP contribution is -2.28. The van der Waals surface area contributed by atoms with Gasteiger partial charge in [-0.3, -0.25) is 0 Å². The Balaban J connectivity index is 1.94. The minimum absolute atomic E-state index is 0.503. The van der Waals surface area contributed by atoms with E-state index in [4.69, 9.17) is 16.3 Å². The fourth-order valence-corrected chi connectivity index (χ4v) is 1.98. The van der Waals surface area contributed by atoms with Gasteiger partial charge in [0, 0.05) is 11.1 Å². The van der Waals surface area contributed by atoms with Crippen molar-refractivity contribution in [1.82, 2.24) is 5.32 Å². The number of hydrogen-bond acceptors (Lipinski definition) is 2. The van der Waals surface area contributed by atoms with Crippen molar-refractivity contribution in [3.8, 4) is 5.75 Å². The molecule has 1 fully saturated rings. The highest BCUT2D eigenvalue weighted by atomic mass is 35.5. The highest BCUT2D eigenvalue weighted by molar-refractivity contribution is 6.30. The lowest BCUT2D eigenvalue weighted by molar-refractivity contribution is 0.275. The molecule has 0 aromatic heterocycles. The van der Waals surface area contributed by atoms with E-state index in [0.29, 0.717) is 6.04 Å². The average Bonchev–Trinajstić information content (AvgIpc) is 2.72. The van der Waals surface area contributed by atoms with Crippen molar-refractivity contribution in [2.24, 2.45) is 0 Å². The molecule has 1 heterocycles. The number of benzene rings is 1. The molecule has 0 saturated carbocycles. The van der Waals surface area contributed by atoms with Gasteiger partial charge in [-0.25, -0.2) is 0 Å². The van der Waals surface area contributed by atoms with E-state index in [2.05, 4.69) is 5.32 Å². The number of aryl methyl sites for hydroxylation is 1. The molecule has 15 heavy (non-hydrogen) atoms. The summed E-state index contributed by atoms with van der Waals surface area (Å²) in [4.78, 5) is 0. The summed E-state index contributed by atoms with van der Waals surface area (Å²) in [5, 5.41) is 4.13. The molecule has 0 spiro atoms. The fourth-order valence-electron chi connectivity index (χ4n) is 1.82. The van der Waals surface area contributed by atoms with Crippen LogP contribution in [0.1, 0.15) is 18.4 Å². The van der Waals surface area contributed by atoms with Gasteiger partial charge in [0.1, 0.15) is 12.4 Å². The lowest BCUT2D eigenvalue weighted by atomic mass is 10.2. The predicted octanol–water partition coefficient (Wildman–Crippen LogP) is 2.78. The Morgan fingerprint density at radius 3 is 3.13 bits per heavy atom. The summed E-state index contributed by atoms with van der Waals surface area (Å²) < 4.78 is 5.75. The van der Waals surface area contributed by atoms with E-state index in [-0.39, 0.29) is 0 Å². The smallest absolute Gasteiger partial charge is 0.123 e. The Bertz CT molecular complexity index is 334. The number of hydrogen-bond donors (Lipinski definition) is 1. The van der Waals surface area contributed by atoms with Crippen LogP contribution in [0.5, 0.6) is 5.75 Å². The molecule has 1 aromatic rings. The van der Waals surface area contributed by atoms with Crippen molar-refractivity contribution in [2.45, 2.75) is 25.8 Å². The van der Waals surface area contributed by atoms with Crippen LogP contribution in [-0.2, 0) is 0 Å².